The Hall–Kier alpha value is -0.540. The molecule has 0 spiro atoms. The molecule has 0 aromatic heterocycles. The van der Waals surface area contributed by atoms with Gasteiger partial charge < -0.3 is 4.90 Å². The van der Waals surface area contributed by atoms with Crippen LogP contribution in [-0.2, 0) is 0 Å². The Bertz CT molecular complexity index is 409. The van der Waals surface area contributed by atoms with Gasteiger partial charge in [-0.2, -0.15) is 0 Å². The number of carbonyl (C=O) groups excluding carboxylic acids is 1. The summed E-state index contributed by atoms with van der Waals surface area (Å²) in [6.45, 7) is 5.45. The van der Waals surface area contributed by atoms with E-state index in [-0.39, 0.29) is 5.91 Å². The van der Waals surface area contributed by atoms with Crippen LogP contribution in [0.25, 0.3) is 0 Å². The maximum absolute atomic E-state index is 12.5. The molecular formula is C14H19BrClNO. The number of hydrogen-bond donors (Lipinski definition) is 0. The molecule has 1 aromatic rings. The zero-order chi connectivity index (χ0) is 13.5. The summed E-state index contributed by atoms with van der Waals surface area (Å²) in [7, 11) is 0. The lowest BCUT2D eigenvalue weighted by atomic mass is 10.1. The fourth-order valence-corrected chi connectivity index (χ4v) is 2.33. The number of halogens is 2. The van der Waals surface area contributed by atoms with Crippen molar-refractivity contribution in [1.29, 1.82) is 0 Å². The van der Waals surface area contributed by atoms with Gasteiger partial charge in [-0.1, -0.05) is 35.3 Å². The summed E-state index contributed by atoms with van der Waals surface area (Å²) in [5.41, 5.74) is 1.75. The fourth-order valence-electron chi connectivity index (χ4n) is 1.76. The van der Waals surface area contributed by atoms with Crippen LogP contribution in [0, 0.1) is 6.92 Å². The van der Waals surface area contributed by atoms with Gasteiger partial charge in [0.2, 0.25) is 0 Å². The van der Waals surface area contributed by atoms with E-state index in [1.807, 2.05) is 30.0 Å². The monoisotopic (exact) mass is 331 g/mol. The standard InChI is InChI=1S/C14H19BrClNO/c1-3-4-8-17(9-7-16)14(18)13-10-12(15)6-5-11(13)2/h5-6,10H,3-4,7-9H2,1-2H3. The van der Waals surface area contributed by atoms with Crippen LogP contribution in [0.3, 0.4) is 0 Å². The number of unbranched alkanes of at least 4 members (excludes halogenated alkanes) is 1. The van der Waals surface area contributed by atoms with Gasteiger partial charge in [-0.15, -0.1) is 11.6 Å². The van der Waals surface area contributed by atoms with E-state index in [4.69, 9.17) is 11.6 Å². The van der Waals surface area contributed by atoms with Crippen LogP contribution in [0.2, 0.25) is 0 Å². The van der Waals surface area contributed by atoms with Gasteiger partial charge in [0.05, 0.1) is 0 Å². The zero-order valence-electron chi connectivity index (χ0n) is 10.9. The van der Waals surface area contributed by atoms with Crippen LogP contribution in [0.4, 0.5) is 0 Å². The van der Waals surface area contributed by atoms with Crippen molar-refractivity contribution in [2.75, 3.05) is 19.0 Å². The first-order chi connectivity index (χ1) is 8.60. The molecule has 0 aliphatic carbocycles. The number of carbonyl (C=O) groups is 1. The molecule has 1 rings (SSSR count). The molecule has 100 valence electrons. The highest BCUT2D eigenvalue weighted by molar-refractivity contribution is 9.10. The van der Waals surface area contributed by atoms with Crippen LogP contribution in [0.15, 0.2) is 22.7 Å². The SMILES string of the molecule is CCCCN(CCCl)C(=O)c1cc(Br)ccc1C. The van der Waals surface area contributed by atoms with E-state index in [1.165, 1.54) is 0 Å². The third kappa shape index (κ3) is 4.29. The number of rotatable bonds is 6. The Kier molecular flexibility index (Phi) is 6.72. The van der Waals surface area contributed by atoms with Crippen LogP contribution < -0.4 is 0 Å². The molecule has 0 saturated heterocycles. The highest BCUT2D eigenvalue weighted by Crippen LogP contribution is 2.18. The predicted molar refractivity (Wildman–Crippen MR) is 80.4 cm³/mol. The van der Waals surface area contributed by atoms with Crippen molar-refractivity contribution in [2.24, 2.45) is 0 Å². The lowest BCUT2D eigenvalue weighted by Gasteiger charge is -2.22. The Balaban J connectivity index is 2.90. The maximum atomic E-state index is 12.5. The minimum absolute atomic E-state index is 0.0721. The Morgan fingerprint density at radius 2 is 2.11 bits per heavy atom. The highest BCUT2D eigenvalue weighted by Gasteiger charge is 2.16. The molecule has 0 aliphatic rings. The predicted octanol–water partition coefficient (Wildman–Crippen LogP) is 4.24. The lowest BCUT2D eigenvalue weighted by Crippen LogP contribution is -2.34. The number of amides is 1. The average Bonchev–Trinajstić information content (AvgIpc) is 2.36. The third-order valence-electron chi connectivity index (χ3n) is 2.85. The Labute approximate surface area is 122 Å². The van der Waals surface area contributed by atoms with Crippen molar-refractivity contribution in [2.45, 2.75) is 26.7 Å². The maximum Gasteiger partial charge on any atom is 0.254 e. The zero-order valence-corrected chi connectivity index (χ0v) is 13.2. The minimum atomic E-state index is 0.0721. The van der Waals surface area contributed by atoms with Gasteiger partial charge in [0.15, 0.2) is 0 Å². The number of benzene rings is 1. The Morgan fingerprint density at radius 1 is 1.39 bits per heavy atom. The van der Waals surface area contributed by atoms with Gasteiger partial charge in [0, 0.05) is 29.0 Å². The Morgan fingerprint density at radius 3 is 2.72 bits per heavy atom. The first kappa shape index (κ1) is 15.5. The van der Waals surface area contributed by atoms with E-state index >= 15 is 0 Å². The van der Waals surface area contributed by atoms with E-state index in [0.29, 0.717) is 12.4 Å². The largest absolute Gasteiger partial charge is 0.337 e. The molecule has 2 nitrogen and oxygen atoms in total. The van der Waals surface area contributed by atoms with Crippen LogP contribution in [-0.4, -0.2) is 29.8 Å². The molecule has 1 amide bonds. The molecule has 1 aromatic carbocycles. The van der Waals surface area contributed by atoms with Crippen LogP contribution >= 0.6 is 27.5 Å². The van der Waals surface area contributed by atoms with E-state index in [0.717, 1.165) is 35.0 Å². The molecule has 0 atom stereocenters. The summed E-state index contributed by atoms with van der Waals surface area (Å²) in [5.74, 6) is 0.547. The lowest BCUT2D eigenvalue weighted by molar-refractivity contribution is 0.0762. The smallest absolute Gasteiger partial charge is 0.254 e. The second kappa shape index (κ2) is 7.80. The molecule has 0 fully saturated rings. The number of alkyl halides is 1. The normalized spacial score (nSPS) is 10.4. The molecular weight excluding hydrogens is 314 g/mol. The molecule has 4 heteroatoms. The quantitative estimate of drug-likeness (QED) is 0.714. The van der Waals surface area contributed by atoms with E-state index < -0.39 is 0 Å². The second-order valence-electron chi connectivity index (χ2n) is 4.29. The first-order valence-corrected chi connectivity index (χ1v) is 7.54. The summed E-state index contributed by atoms with van der Waals surface area (Å²) in [4.78, 5) is 14.3. The topological polar surface area (TPSA) is 20.3 Å². The van der Waals surface area contributed by atoms with Gasteiger partial charge in [-0.3, -0.25) is 4.79 Å². The first-order valence-electron chi connectivity index (χ1n) is 6.21. The number of hydrogen-bond acceptors (Lipinski definition) is 1. The van der Waals surface area contributed by atoms with Crippen molar-refractivity contribution in [3.8, 4) is 0 Å². The number of aryl methyl sites for hydroxylation is 1. The average molecular weight is 333 g/mol. The number of nitrogens with zero attached hydrogens (tertiary/aromatic N) is 1. The fraction of sp³-hybridized carbons (Fsp3) is 0.500. The summed E-state index contributed by atoms with van der Waals surface area (Å²) < 4.78 is 0.928. The molecule has 18 heavy (non-hydrogen) atoms. The summed E-state index contributed by atoms with van der Waals surface area (Å²) in [6.07, 6.45) is 2.08. The van der Waals surface area contributed by atoms with E-state index in [1.54, 1.807) is 0 Å². The van der Waals surface area contributed by atoms with Crippen molar-refractivity contribution in [3.05, 3.63) is 33.8 Å². The summed E-state index contributed by atoms with van der Waals surface area (Å²) >= 11 is 9.18. The highest BCUT2D eigenvalue weighted by atomic mass is 79.9. The van der Waals surface area contributed by atoms with Crippen LogP contribution in [0.5, 0.6) is 0 Å². The molecule has 0 unspecified atom stereocenters. The van der Waals surface area contributed by atoms with Gasteiger partial charge in [0.25, 0.3) is 5.91 Å². The van der Waals surface area contributed by atoms with Gasteiger partial charge >= 0.3 is 0 Å². The van der Waals surface area contributed by atoms with E-state index in [2.05, 4.69) is 22.9 Å². The van der Waals surface area contributed by atoms with Crippen molar-refractivity contribution in [3.63, 3.8) is 0 Å². The van der Waals surface area contributed by atoms with E-state index in [9.17, 15) is 4.79 Å². The third-order valence-corrected chi connectivity index (χ3v) is 3.52. The summed E-state index contributed by atoms with van der Waals surface area (Å²) in [6, 6.07) is 5.78. The molecule has 0 N–H and O–H groups in total. The molecule has 0 heterocycles. The van der Waals surface area contributed by atoms with Crippen molar-refractivity contribution < 1.29 is 4.79 Å². The molecule has 0 aliphatic heterocycles. The second-order valence-corrected chi connectivity index (χ2v) is 5.59. The van der Waals surface area contributed by atoms with Gasteiger partial charge in [-0.05, 0) is 31.0 Å². The minimum Gasteiger partial charge on any atom is -0.337 e. The van der Waals surface area contributed by atoms with Crippen molar-refractivity contribution in [1.82, 2.24) is 4.90 Å². The molecule has 0 bridgehead atoms. The van der Waals surface area contributed by atoms with Crippen LogP contribution in [0.1, 0.15) is 35.7 Å². The van der Waals surface area contributed by atoms with Gasteiger partial charge in [-0.25, -0.2) is 0 Å². The molecule has 0 radical (unpaired) electrons. The van der Waals surface area contributed by atoms with Gasteiger partial charge in [0.1, 0.15) is 0 Å². The summed E-state index contributed by atoms with van der Waals surface area (Å²) in [5, 5.41) is 0. The molecule has 0 saturated carbocycles. The van der Waals surface area contributed by atoms with Crippen molar-refractivity contribution >= 4 is 33.4 Å².